The number of aromatic nitrogens is 2. The van der Waals surface area contributed by atoms with Crippen molar-refractivity contribution in [2.24, 2.45) is 11.8 Å². The lowest BCUT2D eigenvalue weighted by Crippen LogP contribution is -2.36. The minimum absolute atomic E-state index is 0.638. The second-order valence-corrected chi connectivity index (χ2v) is 8.68. The highest BCUT2D eigenvalue weighted by atomic mass is 16.5. The predicted molar refractivity (Wildman–Crippen MR) is 105 cm³/mol. The summed E-state index contributed by atoms with van der Waals surface area (Å²) in [5, 5.41) is 6.61. The summed E-state index contributed by atoms with van der Waals surface area (Å²) in [5.74, 6) is 1.78. The molecular weight excluding hydrogens is 322 g/mol. The minimum atomic E-state index is 0.638. The fourth-order valence-corrected chi connectivity index (χ4v) is 5.23. The van der Waals surface area contributed by atoms with Crippen LogP contribution in [0.25, 0.3) is 21.9 Å². The predicted octanol–water partition coefficient (Wildman–Crippen LogP) is 5.16. The lowest BCUT2D eigenvalue weighted by molar-refractivity contribution is 0.166. The first-order valence-electron chi connectivity index (χ1n) is 10.3. The molecule has 4 heteroatoms. The molecule has 2 fully saturated rings. The van der Waals surface area contributed by atoms with Crippen molar-refractivity contribution in [2.75, 3.05) is 19.6 Å². The fourth-order valence-electron chi connectivity index (χ4n) is 5.23. The molecule has 0 bridgehead atoms. The second kappa shape index (κ2) is 6.41. The number of aryl methyl sites for hydroxylation is 1. The molecule has 3 heterocycles. The van der Waals surface area contributed by atoms with Crippen molar-refractivity contribution < 1.29 is 4.52 Å². The van der Waals surface area contributed by atoms with Gasteiger partial charge >= 0.3 is 0 Å². The van der Waals surface area contributed by atoms with E-state index in [1.54, 1.807) is 0 Å². The molecule has 4 nitrogen and oxygen atoms in total. The molecule has 3 aromatic rings. The van der Waals surface area contributed by atoms with Crippen molar-refractivity contribution in [2.45, 2.75) is 52.0 Å². The van der Waals surface area contributed by atoms with Crippen molar-refractivity contribution in [1.29, 1.82) is 0 Å². The Hall–Kier alpha value is -1.81. The summed E-state index contributed by atoms with van der Waals surface area (Å²) in [5.41, 5.74) is 3.23. The zero-order chi connectivity index (χ0) is 17.7. The van der Waals surface area contributed by atoms with Crippen LogP contribution in [0.4, 0.5) is 0 Å². The van der Waals surface area contributed by atoms with E-state index < -0.39 is 0 Å². The molecule has 1 saturated carbocycles. The lowest BCUT2D eigenvalue weighted by Gasteiger charge is -2.32. The van der Waals surface area contributed by atoms with Crippen LogP contribution in [0.1, 0.15) is 50.8 Å². The van der Waals surface area contributed by atoms with E-state index in [0.717, 1.165) is 23.1 Å². The second-order valence-electron chi connectivity index (χ2n) is 8.68. The van der Waals surface area contributed by atoms with Gasteiger partial charge in [-0.2, -0.15) is 0 Å². The highest BCUT2D eigenvalue weighted by Crippen LogP contribution is 2.39. The van der Waals surface area contributed by atoms with Crippen LogP contribution in [0.15, 0.2) is 28.9 Å². The lowest BCUT2D eigenvalue weighted by atomic mass is 9.97. The molecule has 1 saturated heterocycles. The molecule has 5 rings (SSSR count). The third-order valence-electron chi connectivity index (χ3n) is 6.81. The summed E-state index contributed by atoms with van der Waals surface area (Å²) < 4.78 is 7.95. The van der Waals surface area contributed by atoms with Crippen LogP contribution in [-0.4, -0.2) is 34.3 Å². The Morgan fingerprint density at radius 1 is 1.12 bits per heavy atom. The van der Waals surface area contributed by atoms with Crippen molar-refractivity contribution in [3.63, 3.8) is 0 Å². The number of nitrogens with zero attached hydrogens (tertiary/aromatic N) is 3. The van der Waals surface area contributed by atoms with E-state index in [-0.39, 0.29) is 0 Å². The van der Waals surface area contributed by atoms with Crippen LogP contribution in [0.3, 0.4) is 0 Å². The van der Waals surface area contributed by atoms with Gasteiger partial charge in [0, 0.05) is 29.7 Å². The fraction of sp³-hybridized carbons (Fsp3) is 0.591. The van der Waals surface area contributed by atoms with Crippen LogP contribution in [0.5, 0.6) is 0 Å². The van der Waals surface area contributed by atoms with Gasteiger partial charge in [-0.05, 0) is 82.2 Å². The molecule has 2 aromatic heterocycles. The number of fused-ring (bicyclic) bond motifs is 3. The Morgan fingerprint density at radius 3 is 2.81 bits per heavy atom. The molecule has 1 aromatic carbocycles. The molecular formula is C22H29N3O. The van der Waals surface area contributed by atoms with Gasteiger partial charge in [-0.15, -0.1) is 0 Å². The van der Waals surface area contributed by atoms with Crippen LogP contribution in [0, 0.1) is 18.8 Å². The van der Waals surface area contributed by atoms with Crippen molar-refractivity contribution >= 4 is 21.9 Å². The molecule has 2 atom stereocenters. The van der Waals surface area contributed by atoms with Crippen LogP contribution >= 0.6 is 0 Å². The maximum absolute atomic E-state index is 5.44. The van der Waals surface area contributed by atoms with E-state index in [0.29, 0.717) is 6.04 Å². The summed E-state index contributed by atoms with van der Waals surface area (Å²) >= 11 is 0. The quantitative estimate of drug-likeness (QED) is 0.653. The van der Waals surface area contributed by atoms with E-state index in [1.807, 2.05) is 6.92 Å². The first-order chi connectivity index (χ1) is 12.7. The molecule has 0 spiro atoms. The van der Waals surface area contributed by atoms with E-state index >= 15 is 0 Å². The summed E-state index contributed by atoms with van der Waals surface area (Å²) in [6.07, 6.45) is 9.03. The monoisotopic (exact) mass is 351 g/mol. The Balaban J connectivity index is 1.34. The van der Waals surface area contributed by atoms with E-state index in [2.05, 4.69) is 45.9 Å². The van der Waals surface area contributed by atoms with Crippen LogP contribution in [0.2, 0.25) is 0 Å². The minimum Gasteiger partial charge on any atom is -0.356 e. The van der Waals surface area contributed by atoms with E-state index in [1.165, 1.54) is 68.0 Å². The third kappa shape index (κ3) is 2.75. The Kier molecular flexibility index (Phi) is 4.04. The maximum atomic E-state index is 5.44. The standard InChI is InChI=1S/C22H29N3O/c1-15-7-10-24(11-8-15)14-17-3-4-18(13-17)25-12-9-19-20(25)5-6-21-22(19)16(2)23-26-21/h5-6,9,12,15,17-18H,3-4,7-8,10-11,13-14H2,1-2H3/t17-,18+/m1/s1. The topological polar surface area (TPSA) is 34.2 Å². The van der Waals surface area contributed by atoms with Crippen molar-refractivity contribution in [3.05, 3.63) is 30.1 Å². The first-order valence-corrected chi connectivity index (χ1v) is 10.3. The van der Waals surface area contributed by atoms with Gasteiger partial charge in [-0.25, -0.2) is 0 Å². The van der Waals surface area contributed by atoms with E-state index in [9.17, 15) is 0 Å². The molecule has 0 radical (unpaired) electrons. The van der Waals surface area contributed by atoms with Crippen LogP contribution in [-0.2, 0) is 0 Å². The smallest absolute Gasteiger partial charge is 0.167 e. The molecule has 1 aliphatic carbocycles. The number of piperidine rings is 1. The average Bonchev–Trinajstić information content (AvgIpc) is 3.35. The Bertz CT molecular complexity index is 916. The van der Waals surface area contributed by atoms with E-state index in [4.69, 9.17) is 4.52 Å². The number of rotatable bonds is 3. The van der Waals surface area contributed by atoms with Gasteiger partial charge in [0.25, 0.3) is 0 Å². The van der Waals surface area contributed by atoms with Gasteiger partial charge < -0.3 is 14.0 Å². The average molecular weight is 351 g/mol. The van der Waals surface area contributed by atoms with Gasteiger partial charge in [0.1, 0.15) is 0 Å². The number of hydrogen-bond acceptors (Lipinski definition) is 3. The number of hydrogen-bond donors (Lipinski definition) is 0. The molecule has 26 heavy (non-hydrogen) atoms. The third-order valence-corrected chi connectivity index (χ3v) is 6.81. The largest absolute Gasteiger partial charge is 0.356 e. The van der Waals surface area contributed by atoms with Gasteiger partial charge in [0.15, 0.2) is 5.58 Å². The van der Waals surface area contributed by atoms with Crippen LogP contribution < -0.4 is 0 Å². The molecule has 0 amide bonds. The zero-order valence-electron chi connectivity index (χ0n) is 15.9. The summed E-state index contributed by atoms with van der Waals surface area (Å²) in [6, 6.07) is 7.18. The highest BCUT2D eigenvalue weighted by Gasteiger charge is 2.29. The molecule has 0 unspecified atom stereocenters. The van der Waals surface area contributed by atoms with Gasteiger partial charge in [0.2, 0.25) is 0 Å². The first kappa shape index (κ1) is 16.4. The normalized spacial score (nSPS) is 25.6. The molecule has 2 aliphatic rings. The maximum Gasteiger partial charge on any atom is 0.167 e. The summed E-state index contributed by atoms with van der Waals surface area (Å²) in [7, 11) is 0. The SMILES string of the molecule is Cc1noc2ccc3c(ccn3[C@H]3CC[C@@H](CN4CCC(C)CC4)C3)c12. The van der Waals surface area contributed by atoms with Gasteiger partial charge in [-0.3, -0.25) is 0 Å². The van der Waals surface area contributed by atoms with Crippen molar-refractivity contribution in [1.82, 2.24) is 14.6 Å². The zero-order valence-corrected chi connectivity index (χ0v) is 15.9. The number of likely N-dealkylation sites (tertiary alicyclic amines) is 1. The number of benzene rings is 1. The molecule has 1 aliphatic heterocycles. The summed E-state index contributed by atoms with van der Waals surface area (Å²) in [6.45, 7) is 8.35. The molecule has 0 N–H and O–H groups in total. The van der Waals surface area contributed by atoms with Crippen molar-refractivity contribution in [3.8, 4) is 0 Å². The Morgan fingerprint density at radius 2 is 1.96 bits per heavy atom. The van der Waals surface area contributed by atoms with Gasteiger partial charge in [0.05, 0.1) is 11.1 Å². The van der Waals surface area contributed by atoms with Gasteiger partial charge in [-0.1, -0.05) is 12.1 Å². The summed E-state index contributed by atoms with van der Waals surface area (Å²) in [4.78, 5) is 2.71. The Labute approximate surface area is 155 Å². The highest BCUT2D eigenvalue weighted by molar-refractivity contribution is 6.06. The molecule has 138 valence electrons.